The summed E-state index contributed by atoms with van der Waals surface area (Å²) >= 11 is 0. The van der Waals surface area contributed by atoms with Gasteiger partial charge in [0.2, 0.25) is 10.0 Å². The van der Waals surface area contributed by atoms with Crippen molar-refractivity contribution in [2.24, 2.45) is 0 Å². The van der Waals surface area contributed by atoms with Crippen LogP contribution >= 0.6 is 0 Å². The predicted octanol–water partition coefficient (Wildman–Crippen LogP) is 4.11. The molecule has 1 saturated carbocycles. The van der Waals surface area contributed by atoms with Crippen molar-refractivity contribution in [3.05, 3.63) is 63.7 Å². The van der Waals surface area contributed by atoms with Crippen LogP contribution in [0.15, 0.2) is 47.4 Å². The number of amides is 1. The quantitative estimate of drug-likeness (QED) is 0.547. The Kier molecular flexibility index (Phi) is 6.52. The van der Waals surface area contributed by atoms with E-state index in [0.29, 0.717) is 11.3 Å². The van der Waals surface area contributed by atoms with Crippen molar-refractivity contribution in [3.63, 3.8) is 0 Å². The van der Waals surface area contributed by atoms with Gasteiger partial charge in [0.05, 0.1) is 21.1 Å². The third-order valence-corrected chi connectivity index (χ3v) is 7.56. The molecule has 0 aliphatic heterocycles. The number of carbonyl (C=O) groups excluding carboxylic acids is 1. The molecule has 2 aromatic carbocycles. The second-order valence-corrected chi connectivity index (χ2v) is 9.50. The van der Waals surface area contributed by atoms with Crippen molar-refractivity contribution in [2.45, 2.75) is 50.0 Å². The average molecular weight is 432 g/mol. The van der Waals surface area contributed by atoms with Gasteiger partial charge >= 0.3 is 0 Å². The number of rotatable bonds is 6. The first-order valence-electron chi connectivity index (χ1n) is 9.85. The lowest BCUT2D eigenvalue weighted by molar-refractivity contribution is -0.385. The highest BCUT2D eigenvalue weighted by molar-refractivity contribution is 7.89. The van der Waals surface area contributed by atoms with Crippen molar-refractivity contribution < 1.29 is 18.1 Å². The molecule has 1 fully saturated rings. The Morgan fingerprint density at radius 1 is 1.10 bits per heavy atom. The van der Waals surface area contributed by atoms with E-state index >= 15 is 0 Å². The van der Waals surface area contributed by atoms with Crippen LogP contribution in [-0.2, 0) is 10.0 Å². The number of sulfonamides is 1. The minimum atomic E-state index is -3.64. The molecule has 8 nitrogen and oxygen atoms in total. The van der Waals surface area contributed by atoms with Gasteiger partial charge in [0.25, 0.3) is 11.6 Å². The summed E-state index contributed by atoms with van der Waals surface area (Å²) in [6.07, 6.45) is 4.91. The normalized spacial score (nSPS) is 15.2. The van der Waals surface area contributed by atoms with Crippen LogP contribution < -0.4 is 5.32 Å². The summed E-state index contributed by atoms with van der Waals surface area (Å²) in [4.78, 5) is 23.2. The fourth-order valence-corrected chi connectivity index (χ4v) is 5.15. The van der Waals surface area contributed by atoms with E-state index in [1.165, 1.54) is 40.7 Å². The van der Waals surface area contributed by atoms with Gasteiger partial charge in [-0.1, -0.05) is 25.3 Å². The molecule has 0 heterocycles. The van der Waals surface area contributed by atoms with E-state index in [2.05, 4.69) is 5.32 Å². The molecule has 3 rings (SSSR count). The van der Waals surface area contributed by atoms with Crippen LogP contribution in [0, 0.1) is 17.0 Å². The molecule has 0 radical (unpaired) electrons. The van der Waals surface area contributed by atoms with Gasteiger partial charge < -0.3 is 5.32 Å². The summed E-state index contributed by atoms with van der Waals surface area (Å²) in [7, 11) is -2.03. The molecule has 0 aromatic heterocycles. The van der Waals surface area contributed by atoms with Crippen molar-refractivity contribution >= 4 is 27.3 Å². The molecule has 1 aliphatic rings. The lowest BCUT2D eigenvalue weighted by Crippen LogP contribution is -2.38. The maximum absolute atomic E-state index is 12.9. The third-order valence-electron chi connectivity index (χ3n) is 5.63. The summed E-state index contributed by atoms with van der Waals surface area (Å²) in [6.45, 7) is 1.56. The monoisotopic (exact) mass is 431 g/mol. The smallest absolute Gasteiger partial charge is 0.274 e. The van der Waals surface area contributed by atoms with Gasteiger partial charge in [-0.25, -0.2) is 8.42 Å². The lowest BCUT2D eigenvalue weighted by Gasteiger charge is -2.30. The molecule has 160 valence electrons. The largest absolute Gasteiger partial charge is 0.321 e. The number of nitrogens with zero attached hydrogens (tertiary/aromatic N) is 2. The minimum Gasteiger partial charge on any atom is -0.321 e. The number of carbonyl (C=O) groups is 1. The van der Waals surface area contributed by atoms with Crippen molar-refractivity contribution in [3.8, 4) is 0 Å². The van der Waals surface area contributed by atoms with Gasteiger partial charge in [-0.2, -0.15) is 4.31 Å². The molecular formula is C21H25N3O5S. The van der Waals surface area contributed by atoms with E-state index in [1.54, 1.807) is 20.0 Å². The predicted molar refractivity (Wildman–Crippen MR) is 114 cm³/mol. The van der Waals surface area contributed by atoms with Gasteiger partial charge in [0, 0.05) is 24.7 Å². The molecule has 0 spiro atoms. The number of nitrogens with one attached hydrogen (secondary N) is 1. The zero-order valence-electron chi connectivity index (χ0n) is 17.0. The highest BCUT2D eigenvalue weighted by Crippen LogP contribution is 2.27. The van der Waals surface area contributed by atoms with E-state index in [0.717, 1.165) is 32.1 Å². The molecule has 2 aromatic rings. The number of nitro benzene ring substituents is 1. The van der Waals surface area contributed by atoms with Crippen LogP contribution in [0.4, 0.5) is 11.4 Å². The molecular weight excluding hydrogens is 406 g/mol. The molecule has 1 amide bonds. The number of nitro groups is 1. The molecule has 9 heteroatoms. The molecule has 1 N–H and O–H groups in total. The second-order valence-electron chi connectivity index (χ2n) is 7.50. The van der Waals surface area contributed by atoms with Gasteiger partial charge in [0.15, 0.2) is 0 Å². The first-order chi connectivity index (χ1) is 14.2. The number of hydrogen-bond donors (Lipinski definition) is 1. The standard InChI is InChI=1S/C21H25N3O5S/c1-15-19(9-6-10-20(15)24(26)27)22-21(25)16-11-13-18(14-12-16)30(28,29)23(2)17-7-4-3-5-8-17/h6,9-14,17H,3-5,7-8H2,1-2H3,(H,22,25). The third kappa shape index (κ3) is 4.52. The average Bonchev–Trinajstić information content (AvgIpc) is 2.75. The minimum absolute atomic E-state index is 0.00331. The number of anilines is 1. The van der Waals surface area contributed by atoms with E-state index in [1.807, 2.05) is 0 Å². The Morgan fingerprint density at radius 3 is 2.33 bits per heavy atom. The van der Waals surface area contributed by atoms with Gasteiger partial charge in [0.1, 0.15) is 0 Å². The van der Waals surface area contributed by atoms with Crippen LogP contribution in [0.5, 0.6) is 0 Å². The fourth-order valence-electron chi connectivity index (χ4n) is 3.74. The highest BCUT2D eigenvalue weighted by Gasteiger charge is 2.29. The lowest BCUT2D eigenvalue weighted by atomic mass is 9.96. The number of benzene rings is 2. The zero-order chi connectivity index (χ0) is 21.9. The van der Waals surface area contributed by atoms with E-state index in [-0.39, 0.29) is 22.2 Å². The van der Waals surface area contributed by atoms with E-state index in [9.17, 15) is 23.3 Å². The molecule has 1 aliphatic carbocycles. The molecule has 0 unspecified atom stereocenters. The second kappa shape index (κ2) is 8.93. The summed E-state index contributed by atoms with van der Waals surface area (Å²) in [5, 5.41) is 13.7. The van der Waals surface area contributed by atoms with Crippen LogP contribution in [0.1, 0.15) is 48.0 Å². The zero-order valence-corrected chi connectivity index (χ0v) is 17.8. The molecule has 0 atom stereocenters. The van der Waals surface area contributed by atoms with Crippen LogP contribution in [0.25, 0.3) is 0 Å². The van der Waals surface area contributed by atoms with Crippen LogP contribution in [0.2, 0.25) is 0 Å². The highest BCUT2D eigenvalue weighted by atomic mass is 32.2. The Hall–Kier alpha value is -2.78. The Balaban J connectivity index is 1.76. The molecule has 0 saturated heterocycles. The van der Waals surface area contributed by atoms with Gasteiger partial charge in [-0.15, -0.1) is 0 Å². The van der Waals surface area contributed by atoms with Gasteiger partial charge in [-0.05, 0) is 50.1 Å². The first kappa shape index (κ1) is 21.9. The summed E-state index contributed by atoms with van der Waals surface area (Å²) < 4.78 is 27.3. The Morgan fingerprint density at radius 2 is 1.73 bits per heavy atom. The Labute approximate surface area is 176 Å². The summed E-state index contributed by atoms with van der Waals surface area (Å²) in [6, 6.07) is 10.2. The van der Waals surface area contributed by atoms with Crippen molar-refractivity contribution in [2.75, 3.05) is 12.4 Å². The van der Waals surface area contributed by atoms with Crippen molar-refractivity contribution in [1.29, 1.82) is 0 Å². The van der Waals surface area contributed by atoms with Gasteiger partial charge in [-0.3, -0.25) is 14.9 Å². The Bertz CT molecular complexity index is 1040. The summed E-state index contributed by atoms with van der Waals surface area (Å²) in [5.74, 6) is -0.469. The van der Waals surface area contributed by atoms with Crippen LogP contribution in [0.3, 0.4) is 0 Å². The molecule has 0 bridgehead atoms. The fraction of sp³-hybridized carbons (Fsp3) is 0.381. The summed E-state index contributed by atoms with van der Waals surface area (Å²) in [5.41, 5.74) is 0.868. The number of hydrogen-bond acceptors (Lipinski definition) is 5. The van der Waals surface area contributed by atoms with Crippen molar-refractivity contribution in [1.82, 2.24) is 4.31 Å². The van der Waals surface area contributed by atoms with Crippen LogP contribution in [-0.4, -0.2) is 36.6 Å². The van der Waals surface area contributed by atoms with E-state index in [4.69, 9.17) is 0 Å². The maximum Gasteiger partial charge on any atom is 0.274 e. The SMILES string of the molecule is Cc1c(NC(=O)c2ccc(S(=O)(=O)N(C)C3CCCCC3)cc2)cccc1[N+](=O)[O-]. The van der Waals surface area contributed by atoms with E-state index < -0.39 is 20.9 Å². The molecule has 30 heavy (non-hydrogen) atoms. The first-order valence-corrected chi connectivity index (χ1v) is 11.3. The maximum atomic E-state index is 12.9. The topological polar surface area (TPSA) is 110 Å².